The summed E-state index contributed by atoms with van der Waals surface area (Å²) in [6, 6.07) is 5.21. The van der Waals surface area contributed by atoms with Gasteiger partial charge in [0.05, 0.1) is 6.04 Å². The van der Waals surface area contributed by atoms with E-state index in [1.54, 1.807) is 35.0 Å². The Morgan fingerprint density at radius 1 is 1.19 bits per heavy atom. The Bertz CT molecular complexity index is 713. The van der Waals surface area contributed by atoms with Crippen LogP contribution < -0.4 is 9.47 Å². The molecule has 0 aromatic heterocycles. The van der Waals surface area contributed by atoms with Crippen molar-refractivity contribution in [2.75, 3.05) is 33.4 Å². The van der Waals surface area contributed by atoms with E-state index in [4.69, 9.17) is 14.2 Å². The summed E-state index contributed by atoms with van der Waals surface area (Å²) in [4.78, 5) is 28.7. The summed E-state index contributed by atoms with van der Waals surface area (Å²) in [6.07, 6.45) is 1.33. The van der Waals surface area contributed by atoms with E-state index in [2.05, 4.69) is 0 Å². The van der Waals surface area contributed by atoms with Crippen LogP contribution in [0.25, 0.3) is 0 Å². The number of likely N-dealkylation sites (tertiary alicyclic amines) is 1. The zero-order valence-electron chi connectivity index (χ0n) is 16.5. The normalized spacial score (nSPS) is 19.4. The first kappa shape index (κ1) is 19.3. The van der Waals surface area contributed by atoms with Crippen LogP contribution in [0.2, 0.25) is 0 Å². The molecule has 2 aliphatic rings. The van der Waals surface area contributed by atoms with E-state index in [9.17, 15) is 9.59 Å². The number of carbonyl (C=O) groups is 2. The summed E-state index contributed by atoms with van der Waals surface area (Å²) in [7, 11) is 1.73. The second-order valence-electron chi connectivity index (χ2n) is 8.00. The maximum absolute atomic E-state index is 12.9. The van der Waals surface area contributed by atoms with Gasteiger partial charge in [-0.05, 0) is 51.8 Å². The molecule has 3 rings (SSSR count). The van der Waals surface area contributed by atoms with Crippen LogP contribution in [0.15, 0.2) is 18.2 Å². The Labute approximate surface area is 160 Å². The van der Waals surface area contributed by atoms with Crippen molar-refractivity contribution in [3.05, 3.63) is 23.8 Å². The first-order valence-electron chi connectivity index (χ1n) is 9.39. The summed E-state index contributed by atoms with van der Waals surface area (Å²) >= 11 is 0. The van der Waals surface area contributed by atoms with Crippen LogP contribution in [-0.2, 0) is 4.74 Å². The van der Waals surface area contributed by atoms with Gasteiger partial charge in [-0.3, -0.25) is 4.79 Å². The highest BCUT2D eigenvalue weighted by Crippen LogP contribution is 2.31. The number of likely N-dealkylation sites (N-methyl/N-ethyl adjacent to an activating group) is 1. The standard InChI is InChI=1S/C20H28N2O5/c1-20(2,3)27-19(24)21(4)15-6-5-9-22(13-15)18(23)14-7-8-16-17(12-14)26-11-10-25-16/h7-8,12,15H,5-6,9-11,13H2,1-4H3/t15-/m0/s1. The van der Waals surface area contributed by atoms with Gasteiger partial charge in [0.25, 0.3) is 5.91 Å². The highest BCUT2D eigenvalue weighted by atomic mass is 16.6. The molecule has 1 aromatic carbocycles. The number of hydrogen-bond donors (Lipinski definition) is 0. The van der Waals surface area contributed by atoms with Crippen molar-refractivity contribution < 1.29 is 23.8 Å². The van der Waals surface area contributed by atoms with Crippen LogP contribution in [0.3, 0.4) is 0 Å². The SMILES string of the molecule is CN(C(=O)OC(C)(C)C)[C@H]1CCCN(C(=O)c2ccc3c(c2)OCCO3)C1. The minimum Gasteiger partial charge on any atom is -0.486 e. The van der Waals surface area contributed by atoms with E-state index in [-0.39, 0.29) is 18.0 Å². The molecule has 27 heavy (non-hydrogen) atoms. The highest BCUT2D eigenvalue weighted by Gasteiger charge is 2.31. The van der Waals surface area contributed by atoms with Gasteiger partial charge in [0.2, 0.25) is 0 Å². The molecular formula is C20H28N2O5. The fourth-order valence-corrected chi connectivity index (χ4v) is 3.30. The molecular weight excluding hydrogens is 348 g/mol. The minimum atomic E-state index is -0.541. The molecule has 2 heterocycles. The number of piperidine rings is 1. The van der Waals surface area contributed by atoms with Gasteiger partial charge in [-0.25, -0.2) is 4.79 Å². The molecule has 0 radical (unpaired) electrons. The summed E-state index contributed by atoms with van der Waals surface area (Å²) < 4.78 is 16.5. The number of hydrogen-bond acceptors (Lipinski definition) is 5. The third kappa shape index (κ3) is 4.64. The van der Waals surface area contributed by atoms with Gasteiger partial charge in [-0.2, -0.15) is 0 Å². The number of rotatable bonds is 2. The molecule has 2 aliphatic heterocycles. The minimum absolute atomic E-state index is 0.0604. The van der Waals surface area contributed by atoms with E-state index >= 15 is 0 Å². The number of nitrogens with zero attached hydrogens (tertiary/aromatic N) is 2. The number of ether oxygens (including phenoxy) is 3. The zero-order valence-corrected chi connectivity index (χ0v) is 16.5. The molecule has 0 N–H and O–H groups in total. The molecule has 0 saturated carbocycles. The van der Waals surface area contributed by atoms with Gasteiger partial charge in [0, 0.05) is 25.7 Å². The van der Waals surface area contributed by atoms with E-state index < -0.39 is 5.60 Å². The van der Waals surface area contributed by atoms with Crippen molar-refractivity contribution in [2.45, 2.75) is 45.3 Å². The monoisotopic (exact) mass is 376 g/mol. The van der Waals surface area contributed by atoms with E-state index in [1.807, 2.05) is 20.8 Å². The summed E-state index contributed by atoms with van der Waals surface area (Å²) in [5.74, 6) is 1.21. The quantitative estimate of drug-likeness (QED) is 0.794. The van der Waals surface area contributed by atoms with Crippen LogP contribution >= 0.6 is 0 Å². The van der Waals surface area contributed by atoms with Crippen LogP contribution in [0.1, 0.15) is 44.0 Å². The van der Waals surface area contributed by atoms with Gasteiger partial charge in [0.15, 0.2) is 11.5 Å². The maximum atomic E-state index is 12.9. The summed E-state index contributed by atoms with van der Waals surface area (Å²) in [6.45, 7) is 7.70. The Morgan fingerprint density at radius 3 is 2.59 bits per heavy atom. The van der Waals surface area contributed by atoms with Crippen molar-refractivity contribution in [1.29, 1.82) is 0 Å². The lowest BCUT2D eigenvalue weighted by Gasteiger charge is -2.38. The maximum Gasteiger partial charge on any atom is 0.410 e. The first-order valence-corrected chi connectivity index (χ1v) is 9.39. The average Bonchev–Trinajstić information content (AvgIpc) is 2.65. The van der Waals surface area contributed by atoms with Crippen molar-refractivity contribution in [1.82, 2.24) is 9.80 Å². The lowest BCUT2D eigenvalue weighted by Crippen LogP contribution is -2.51. The first-order chi connectivity index (χ1) is 12.7. The predicted molar refractivity (Wildman–Crippen MR) is 100 cm³/mol. The lowest BCUT2D eigenvalue weighted by molar-refractivity contribution is 0.0131. The highest BCUT2D eigenvalue weighted by molar-refractivity contribution is 5.95. The van der Waals surface area contributed by atoms with Gasteiger partial charge >= 0.3 is 6.09 Å². The molecule has 1 saturated heterocycles. The molecule has 0 spiro atoms. The molecule has 1 aromatic rings. The van der Waals surface area contributed by atoms with Gasteiger partial charge in [0.1, 0.15) is 18.8 Å². The van der Waals surface area contributed by atoms with Crippen molar-refractivity contribution in [3.63, 3.8) is 0 Å². The summed E-state index contributed by atoms with van der Waals surface area (Å²) in [5.41, 5.74) is 0.0283. The van der Waals surface area contributed by atoms with E-state index in [1.165, 1.54) is 0 Å². The second kappa shape index (κ2) is 7.66. The molecule has 0 unspecified atom stereocenters. The molecule has 0 aliphatic carbocycles. The zero-order chi connectivity index (χ0) is 19.6. The summed E-state index contributed by atoms with van der Waals surface area (Å²) in [5, 5.41) is 0. The fourth-order valence-electron chi connectivity index (χ4n) is 3.30. The number of carbonyl (C=O) groups excluding carboxylic acids is 2. The van der Waals surface area contributed by atoms with Crippen LogP contribution in [0, 0.1) is 0 Å². The number of benzene rings is 1. The van der Waals surface area contributed by atoms with Crippen LogP contribution in [0.4, 0.5) is 4.79 Å². The molecule has 7 heteroatoms. The Morgan fingerprint density at radius 2 is 1.89 bits per heavy atom. The smallest absolute Gasteiger partial charge is 0.410 e. The molecule has 7 nitrogen and oxygen atoms in total. The Hall–Kier alpha value is -2.44. The topological polar surface area (TPSA) is 68.3 Å². The number of fused-ring (bicyclic) bond motifs is 1. The third-order valence-corrected chi connectivity index (χ3v) is 4.70. The molecule has 0 bridgehead atoms. The van der Waals surface area contributed by atoms with Crippen LogP contribution in [-0.4, -0.2) is 66.8 Å². The van der Waals surface area contributed by atoms with E-state index in [0.717, 1.165) is 12.8 Å². The van der Waals surface area contributed by atoms with Gasteiger partial charge in [-0.1, -0.05) is 0 Å². The number of amides is 2. The van der Waals surface area contributed by atoms with E-state index in [0.29, 0.717) is 43.4 Å². The average molecular weight is 376 g/mol. The Balaban J connectivity index is 1.67. The van der Waals surface area contributed by atoms with Gasteiger partial charge in [-0.15, -0.1) is 0 Å². The lowest BCUT2D eigenvalue weighted by atomic mass is 10.0. The molecule has 1 atom stereocenters. The fraction of sp³-hybridized carbons (Fsp3) is 0.600. The third-order valence-electron chi connectivity index (χ3n) is 4.70. The Kier molecular flexibility index (Phi) is 5.48. The molecule has 1 fully saturated rings. The van der Waals surface area contributed by atoms with Crippen LogP contribution in [0.5, 0.6) is 11.5 Å². The van der Waals surface area contributed by atoms with Crippen molar-refractivity contribution >= 4 is 12.0 Å². The second-order valence-corrected chi connectivity index (χ2v) is 8.00. The van der Waals surface area contributed by atoms with Crippen molar-refractivity contribution in [2.24, 2.45) is 0 Å². The van der Waals surface area contributed by atoms with Crippen molar-refractivity contribution in [3.8, 4) is 11.5 Å². The van der Waals surface area contributed by atoms with Gasteiger partial charge < -0.3 is 24.0 Å². The molecule has 148 valence electrons. The predicted octanol–water partition coefficient (Wildman–Crippen LogP) is 2.93. The largest absolute Gasteiger partial charge is 0.486 e. The molecule has 2 amide bonds.